The van der Waals surface area contributed by atoms with Gasteiger partial charge in [0.25, 0.3) is 0 Å². The first-order valence-electron chi connectivity index (χ1n) is 22.7. The molecule has 54 heavy (non-hydrogen) atoms. The molecule has 0 aromatic carbocycles. The summed E-state index contributed by atoms with van der Waals surface area (Å²) in [6.07, 6.45) is 49.6. The summed E-state index contributed by atoms with van der Waals surface area (Å²) >= 11 is 0. The van der Waals surface area contributed by atoms with Crippen molar-refractivity contribution in [1.29, 1.82) is 0 Å². The van der Waals surface area contributed by atoms with Crippen LogP contribution in [0.3, 0.4) is 0 Å². The second-order valence-corrected chi connectivity index (χ2v) is 15.0. The summed E-state index contributed by atoms with van der Waals surface area (Å²) in [5.41, 5.74) is 0. The van der Waals surface area contributed by atoms with Crippen LogP contribution in [0.15, 0.2) is 48.6 Å². The van der Waals surface area contributed by atoms with Crippen LogP contribution in [0.4, 0.5) is 0 Å². The van der Waals surface area contributed by atoms with Gasteiger partial charge in [0.1, 0.15) is 13.2 Å². The molecule has 6 heteroatoms. The Bertz CT molecular complexity index is 964. The second-order valence-electron chi connectivity index (χ2n) is 15.0. The number of rotatable bonds is 40. The molecule has 0 aliphatic rings. The molecule has 0 aromatic rings. The lowest BCUT2D eigenvalue weighted by Gasteiger charge is -2.18. The van der Waals surface area contributed by atoms with Gasteiger partial charge in [-0.25, -0.2) is 0 Å². The average molecular weight is 757 g/mol. The summed E-state index contributed by atoms with van der Waals surface area (Å²) in [7, 11) is 0. The smallest absolute Gasteiger partial charge is 0.306 e. The van der Waals surface area contributed by atoms with Crippen molar-refractivity contribution in [3.05, 3.63) is 48.6 Å². The highest BCUT2D eigenvalue weighted by Gasteiger charge is 2.19. The third-order valence-electron chi connectivity index (χ3n) is 9.61. The molecule has 6 nitrogen and oxygen atoms in total. The fourth-order valence-electron chi connectivity index (χ4n) is 6.11. The zero-order valence-corrected chi connectivity index (χ0v) is 35.5. The number of hydrogen-bond acceptors (Lipinski definition) is 6. The molecule has 0 spiro atoms. The summed E-state index contributed by atoms with van der Waals surface area (Å²) < 4.78 is 16.6. The molecular weight excluding hydrogens is 673 g/mol. The molecule has 0 rings (SSSR count). The highest BCUT2D eigenvalue weighted by molar-refractivity contribution is 5.71. The zero-order chi connectivity index (χ0) is 39.4. The Morgan fingerprint density at radius 1 is 0.370 bits per heavy atom. The molecule has 0 saturated carbocycles. The van der Waals surface area contributed by atoms with Gasteiger partial charge in [-0.05, 0) is 64.2 Å². The van der Waals surface area contributed by atoms with Gasteiger partial charge in [0.05, 0.1) is 0 Å². The van der Waals surface area contributed by atoms with Gasteiger partial charge >= 0.3 is 17.9 Å². The summed E-state index contributed by atoms with van der Waals surface area (Å²) in [5, 5.41) is 0. The number of ether oxygens (including phenoxy) is 3. The fraction of sp³-hybridized carbons (Fsp3) is 0.771. The largest absolute Gasteiger partial charge is 0.462 e. The number of unbranched alkanes of at least 4 members (excludes halogenated alkanes) is 23. The van der Waals surface area contributed by atoms with E-state index >= 15 is 0 Å². The average Bonchev–Trinajstić information content (AvgIpc) is 3.17. The Balaban J connectivity index is 4.41. The van der Waals surface area contributed by atoms with E-state index in [0.29, 0.717) is 19.3 Å². The summed E-state index contributed by atoms with van der Waals surface area (Å²) in [4.78, 5) is 37.6. The molecular formula is C48H84O6. The molecule has 0 aliphatic carbocycles. The third kappa shape index (κ3) is 40.6. The second kappa shape index (κ2) is 43.1. The quantitative estimate of drug-likeness (QED) is 0.0268. The zero-order valence-electron chi connectivity index (χ0n) is 35.5. The van der Waals surface area contributed by atoms with Gasteiger partial charge in [0, 0.05) is 19.3 Å². The maximum absolute atomic E-state index is 12.7. The van der Waals surface area contributed by atoms with Crippen LogP contribution in [-0.4, -0.2) is 37.2 Å². The Morgan fingerprint density at radius 3 is 1.06 bits per heavy atom. The Labute approximate surface area is 333 Å². The van der Waals surface area contributed by atoms with E-state index in [2.05, 4.69) is 69.4 Å². The van der Waals surface area contributed by atoms with Crippen molar-refractivity contribution in [2.45, 2.75) is 226 Å². The van der Waals surface area contributed by atoms with Crippen LogP contribution in [0.5, 0.6) is 0 Å². The van der Waals surface area contributed by atoms with E-state index in [1.54, 1.807) is 0 Å². The predicted molar refractivity (Wildman–Crippen MR) is 229 cm³/mol. The number of carbonyl (C=O) groups excluding carboxylic acids is 3. The SMILES string of the molecule is CCCC/C=C\C=C/CCCCCC(=O)OC(COC(=O)CCCCC/C=C\C=C/CCCCCCCCC)COC(=O)CCCCCCCCCCC. The molecule has 0 radical (unpaired) electrons. The first-order valence-corrected chi connectivity index (χ1v) is 22.7. The van der Waals surface area contributed by atoms with Gasteiger partial charge in [-0.3, -0.25) is 14.4 Å². The van der Waals surface area contributed by atoms with Crippen molar-refractivity contribution >= 4 is 17.9 Å². The van der Waals surface area contributed by atoms with E-state index in [-0.39, 0.29) is 31.1 Å². The van der Waals surface area contributed by atoms with E-state index in [1.807, 2.05) is 0 Å². The first kappa shape index (κ1) is 51.4. The molecule has 0 aromatic heterocycles. The van der Waals surface area contributed by atoms with Crippen LogP contribution < -0.4 is 0 Å². The van der Waals surface area contributed by atoms with E-state index in [0.717, 1.165) is 83.5 Å². The Hall–Kier alpha value is -2.63. The van der Waals surface area contributed by atoms with Crippen molar-refractivity contribution in [2.75, 3.05) is 13.2 Å². The topological polar surface area (TPSA) is 78.9 Å². The Morgan fingerprint density at radius 2 is 0.667 bits per heavy atom. The maximum Gasteiger partial charge on any atom is 0.306 e. The standard InChI is InChI=1S/C48H84O6/c1-4-7-10-13-16-19-21-22-23-24-25-27-29-32-35-38-41-47(50)53-44-45(43-52-46(49)40-37-34-31-28-18-15-12-9-6-3)54-48(51)42-39-36-33-30-26-20-17-14-11-8-5-2/h14,17,20,23-27,45H,4-13,15-16,18-19,21-22,28-44H2,1-3H3/b17-14-,24-23-,26-20-,27-25-. The molecule has 312 valence electrons. The summed E-state index contributed by atoms with van der Waals surface area (Å²) in [6.45, 7) is 6.50. The summed E-state index contributed by atoms with van der Waals surface area (Å²) in [6, 6.07) is 0. The fourth-order valence-corrected chi connectivity index (χ4v) is 6.11. The highest BCUT2D eigenvalue weighted by atomic mass is 16.6. The molecule has 0 saturated heterocycles. The van der Waals surface area contributed by atoms with Crippen molar-refractivity contribution in [1.82, 2.24) is 0 Å². The van der Waals surface area contributed by atoms with E-state index in [4.69, 9.17) is 14.2 Å². The predicted octanol–water partition coefficient (Wildman–Crippen LogP) is 14.4. The molecule has 0 amide bonds. The van der Waals surface area contributed by atoms with Crippen LogP contribution in [0.25, 0.3) is 0 Å². The Kier molecular flexibility index (Phi) is 41.0. The molecule has 0 fully saturated rings. The minimum atomic E-state index is -0.792. The van der Waals surface area contributed by atoms with Crippen LogP contribution >= 0.6 is 0 Å². The van der Waals surface area contributed by atoms with Gasteiger partial charge in [-0.1, -0.05) is 185 Å². The van der Waals surface area contributed by atoms with Gasteiger partial charge in [-0.2, -0.15) is 0 Å². The minimum Gasteiger partial charge on any atom is -0.462 e. The van der Waals surface area contributed by atoms with Gasteiger partial charge in [0.15, 0.2) is 6.10 Å². The molecule has 1 unspecified atom stereocenters. The van der Waals surface area contributed by atoms with Crippen molar-refractivity contribution < 1.29 is 28.6 Å². The number of hydrogen-bond donors (Lipinski definition) is 0. The number of carbonyl (C=O) groups is 3. The first-order chi connectivity index (χ1) is 26.5. The van der Waals surface area contributed by atoms with Crippen LogP contribution in [0.1, 0.15) is 220 Å². The van der Waals surface area contributed by atoms with Crippen LogP contribution in [0.2, 0.25) is 0 Å². The van der Waals surface area contributed by atoms with E-state index in [1.165, 1.54) is 96.3 Å². The van der Waals surface area contributed by atoms with Crippen molar-refractivity contribution in [3.8, 4) is 0 Å². The molecule has 0 N–H and O–H groups in total. The minimum absolute atomic E-state index is 0.0916. The highest BCUT2D eigenvalue weighted by Crippen LogP contribution is 2.13. The molecule has 0 aliphatic heterocycles. The molecule has 1 atom stereocenters. The lowest BCUT2D eigenvalue weighted by Crippen LogP contribution is -2.30. The monoisotopic (exact) mass is 757 g/mol. The van der Waals surface area contributed by atoms with Crippen LogP contribution in [-0.2, 0) is 28.6 Å². The maximum atomic E-state index is 12.7. The normalized spacial score (nSPS) is 12.4. The number of allylic oxidation sites excluding steroid dienone is 8. The number of esters is 3. The lowest BCUT2D eigenvalue weighted by atomic mass is 10.1. The van der Waals surface area contributed by atoms with Crippen molar-refractivity contribution in [3.63, 3.8) is 0 Å². The third-order valence-corrected chi connectivity index (χ3v) is 9.61. The van der Waals surface area contributed by atoms with Gasteiger partial charge in [-0.15, -0.1) is 0 Å². The molecule has 0 bridgehead atoms. The van der Waals surface area contributed by atoms with Crippen LogP contribution in [0, 0.1) is 0 Å². The molecule has 0 heterocycles. The van der Waals surface area contributed by atoms with Gasteiger partial charge in [0.2, 0.25) is 0 Å². The summed E-state index contributed by atoms with van der Waals surface area (Å²) in [5.74, 6) is -0.952. The van der Waals surface area contributed by atoms with Gasteiger partial charge < -0.3 is 14.2 Å². The van der Waals surface area contributed by atoms with E-state index in [9.17, 15) is 14.4 Å². The lowest BCUT2D eigenvalue weighted by molar-refractivity contribution is -0.167. The van der Waals surface area contributed by atoms with Crippen molar-refractivity contribution in [2.24, 2.45) is 0 Å². The van der Waals surface area contributed by atoms with E-state index < -0.39 is 6.10 Å².